The van der Waals surface area contributed by atoms with Crippen LogP contribution in [0.15, 0.2) is 18.3 Å². The highest BCUT2D eigenvalue weighted by atomic mass is 16.2. The molecule has 0 saturated heterocycles. The lowest BCUT2D eigenvalue weighted by atomic mass is 10.1. The van der Waals surface area contributed by atoms with Crippen molar-refractivity contribution in [2.45, 2.75) is 20.3 Å². The number of carbonyl (C=O) groups is 1. The number of carbonyl (C=O) groups excluding carboxylic acids is 1. The highest BCUT2D eigenvalue weighted by Crippen LogP contribution is 2.33. The quantitative estimate of drug-likeness (QED) is 0.804. The smallest absolute Gasteiger partial charge is 0.261 e. The van der Waals surface area contributed by atoms with Gasteiger partial charge in [-0.05, 0) is 37.5 Å². The predicted molar refractivity (Wildman–Crippen MR) is 78.9 cm³/mol. The van der Waals surface area contributed by atoms with Crippen molar-refractivity contribution >= 4 is 17.3 Å². The van der Waals surface area contributed by atoms with Gasteiger partial charge in [-0.2, -0.15) is 5.10 Å². The monoisotopic (exact) mass is 270 g/mol. The van der Waals surface area contributed by atoms with Crippen LogP contribution >= 0.6 is 0 Å². The number of hydrogen-bond donors (Lipinski definition) is 1. The number of aryl methyl sites for hydroxylation is 2. The zero-order valence-corrected chi connectivity index (χ0v) is 12.0. The molecular weight excluding hydrogens is 252 g/mol. The summed E-state index contributed by atoms with van der Waals surface area (Å²) in [5.74, 6) is -0.00222. The molecule has 2 N–H and O–H groups in total. The van der Waals surface area contributed by atoms with Gasteiger partial charge < -0.3 is 10.6 Å². The number of nitrogen functional groups attached to an aromatic ring is 1. The van der Waals surface area contributed by atoms with E-state index >= 15 is 0 Å². The molecule has 1 aliphatic heterocycles. The molecule has 1 aromatic carbocycles. The second-order valence-corrected chi connectivity index (χ2v) is 5.31. The number of nitrogens with two attached hydrogens (primary N) is 1. The molecule has 0 aliphatic carbocycles. The molecule has 0 bridgehead atoms. The lowest BCUT2D eigenvalue weighted by Crippen LogP contribution is -2.29. The third-order valence-corrected chi connectivity index (χ3v) is 4.07. The minimum Gasteiger partial charge on any atom is -0.398 e. The van der Waals surface area contributed by atoms with E-state index in [4.69, 9.17) is 5.73 Å². The second-order valence-electron chi connectivity index (χ2n) is 5.31. The van der Waals surface area contributed by atoms with E-state index < -0.39 is 0 Å². The Kier molecular flexibility index (Phi) is 2.78. The van der Waals surface area contributed by atoms with Gasteiger partial charge in [0.25, 0.3) is 5.91 Å². The molecule has 0 fully saturated rings. The maximum atomic E-state index is 12.7. The number of rotatable bonds is 1. The minimum absolute atomic E-state index is 0.00222. The summed E-state index contributed by atoms with van der Waals surface area (Å²) in [6, 6.07) is 3.98. The average molecular weight is 270 g/mol. The Balaban J connectivity index is 2.01. The highest BCUT2D eigenvalue weighted by molar-refractivity contribution is 6.08. The molecule has 1 aliphatic rings. The lowest BCUT2D eigenvalue weighted by molar-refractivity contribution is 0.0988. The van der Waals surface area contributed by atoms with E-state index in [9.17, 15) is 4.79 Å². The number of aromatic nitrogens is 2. The van der Waals surface area contributed by atoms with E-state index in [1.165, 1.54) is 5.56 Å². The van der Waals surface area contributed by atoms with Gasteiger partial charge >= 0.3 is 0 Å². The number of amides is 1. The molecule has 3 rings (SSSR count). The first kappa shape index (κ1) is 12.7. The average Bonchev–Trinajstić information content (AvgIpc) is 2.95. The van der Waals surface area contributed by atoms with E-state index in [2.05, 4.69) is 11.2 Å². The fraction of sp³-hybridized carbons (Fsp3) is 0.333. The van der Waals surface area contributed by atoms with Crippen LogP contribution in [0, 0.1) is 13.8 Å². The largest absolute Gasteiger partial charge is 0.398 e. The first-order valence-electron chi connectivity index (χ1n) is 6.68. The Morgan fingerprint density at radius 1 is 1.35 bits per heavy atom. The normalized spacial score (nSPS) is 13.7. The summed E-state index contributed by atoms with van der Waals surface area (Å²) in [6.45, 7) is 4.59. The topological polar surface area (TPSA) is 64.2 Å². The van der Waals surface area contributed by atoms with Crippen molar-refractivity contribution < 1.29 is 4.79 Å². The van der Waals surface area contributed by atoms with E-state index in [1.807, 2.05) is 27.0 Å². The van der Waals surface area contributed by atoms with Gasteiger partial charge in [0.1, 0.15) is 0 Å². The molecule has 104 valence electrons. The van der Waals surface area contributed by atoms with Crippen LogP contribution in [0.4, 0.5) is 11.4 Å². The zero-order valence-electron chi connectivity index (χ0n) is 12.0. The van der Waals surface area contributed by atoms with Crippen molar-refractivity contribution in [3.63, 3.8) is 0 Å². The SMILES string of the molecule is Cc1cc2c(cc1N)N(C(=O)c1cnn(C)c1C)CC2. The van der Waals surface area contributed by atoms with Gasteiger partial charge in [0.2, 0.25) is 0 Å². The van der Waals surface area contributed by atoms with Crippen LogP contribution in [0.5, 0.6) is 0 Å². The Morgan fingerprint density at radius 3 is 2.75 bits per heavy atom. The summed E-state index contributed by atoms with van der Waals surface area (Å²) < 4.78 is 1.72. The minimum atomic E-state index is -0.00222. The van der Waals surface area contributed by atoms with E-state index in [1.54, 1.807) is 15.8 Å². The molecule has 20 heavy (non-hydrogen) atoms. The first-order chi connectivity index (χ1) is 9.49. The fourth-order valence-corrected chi connectivity index (χ4v) is 2.64. The molecule has 0 unspecified atom stereocenters. The molecule has 2 heterocycles. The van der Waals surface area contributed by atoms with Crippen molar-refractivity contribution in [2.75, 3.05) is 17.2 Å². The molecule has 0 radical (unpaired) electrons. The van der Waals surface area contributed by atoms with Crippen LogP contribution < -0.4 is 10.6 Å². The molecule has 5 heteroatoms. The number of fused-ring (bicyclic) bond motifs is 1. The van der Waals surface area contributed by atoms with Gasteiger partial charge in [-0.1, -0.05) is 6.07 Å². The highest BCUT2D eigenvalue weighted by Gasteiger charge is 2.28. The Bertz CT molecular complexity index is 702. The molecule has 1 amide bonds. The van der Waals surface area contributed by atoms with Gasteiger partial charge in [-0.3, -0.25) is 9.48 Å². The van der Waals surface area contributed by atoms with Crippen LogP contribution in [0.1, 0.15) is 27.2 Å². The first-order valence-corrected chi connectivity index (χ1v) is 6.68. The summed E-state index contributed by atoms with van der Waals surface area (Å²) in [7, 11) is 1.84. The Hall–Kier alpha value is -2.30. The van der Waals surface area contributed by atoms with Crippen LogP contribution in [-0.2, 0) is 13.5 Å². The molecule has 5 nitrogen and oxygen atoms in total. The van der Waals surface area contributed by atoms with E-state index in [-0.39, 0.29) is 5.91 Å². The van der Waals surface area contributed by atoms with Gasteiger partial charge in [-0.15, -0.1) is 0 Å². The summed E-state index contributed by atoms with van der Waals surface area (Å²) in [4.78, 5) is 14.5. The van der Waals surface area contributed by atoms with Gasteiger partial charge in [-0.25, -0.2) is 0 Å². The molecular formula is C15H18N4O. The van der Waals surface area contributed by atoms with Crippen LogP contribution in [0.3, 0.4) is 0 Å². The van der Waals surface area contributed by atoms with Crippen molar-refractivity contribution in [3.8, 4) is 0 Å². The summed E-state index contributed by atoms with van der Waals surface area (Å²) in [5, 5.41) is 4.14. The van der Waals surface area contributed by atoms with Gasteiger partial charge in [0.15, 0.2) is 0 Å². The third-order valence-electron chi connectivity index (χ3n) is 4.07. The molecule has 0 atom stereocenters. The van der Waals surface area contributed by atoms with Crippen molar-refractivity contribution in [3.05, 3.63) is 40.7 Å². The summed E-state index contributed by atoms with van der Waals surface area (Å²) >= 11 is 0. The third kappa shape index (κ3) is 1.78. The maximum absolute atomic E-state index is 12.7. The molecule has 0 spiro atoms. The van der Waals surface area contributed by atoms with Crippen molar-refractivity contribution in [1.82, 2.24) is 9.78 Å². The van der Waals surface area contributed by atoms with E-state index in [0.717, 1.165) is 29.1 Å². The standard InChI is InChI=1S/C15H18N4O/c1-9-6-11-4-5-19(14(11)7-13(9)16)15(20)12-8-17-18(3)10(12)2/h6-8H,4-5,16H2,1-3H3. The molecule has 0 saturated carbocycles. The number of benzene rings is 1. The van der Waals surface area contributed by atoms with E-state index in [0.29, 0.717) is 12.1 Å². The molecule has 2 aromatic rings. The second kappa shape index (κ2) is 4.37. The molecule has 1 aromatic heterocycles. The van der Waals surface area contributed by atoms with Gasteiger partial charge in [0, 0.05) is 30.7 Å². The Labute approximate surface area is 118 Å². The van der Waals surface area contributed by atoms with Gasteiger partial charge in [0.05, 0.1) is 11.8 Å². The van der Waals surface area contributed by atoms with Crippen molar-refractivity contribution in [1.29, 1.82) is 0 Å². The number of anilines is 2. The summed E-state index contributed by atoms with van der Waals surface area (Å²) in [5.41, 5.74) is 11.4. The Morgan fingerprint density at radius 2 is 2.10 bits per heavy atom. The van der Waals surface area contributed by atoms with Crippen molar-refractivity contribution in [2.24, 2.45) is 7.05 Å². The summed E-state index contributed by atoms with van der Waals surface area (Å²) in [6.07, 6.45) is 2.51. The van der Waals surface area contributed by atoms with Crippen LogP contribution in [0.25, 0.3) is 0 Å². The lowest BCUT2D eigenvalue weighted by Gasteiger charge is -2.18. The van der Waals surface area contributed by atoms with Crippen LogP contribution in [0.2, 0.25) is 0 Å². The number of nitrogens with zero attached hydrogens (tertiary/aromatic N) is 3. The predicted octanol–water partition coefficient (Wildman–Crippen LogP) is 1.82. The fourth-order valence-electron chi connectivity index (χ4n) is 2.64. The number of hydrogen-bond acceptors (Lipinski definition) is 3. The zero-order chi connectivity index (χ0) is 14.4. The maximum Gasteiger partial charge on any atom is 0.261 e. The van der Waals surface area contributed by atoms with Crippen LogP contribution in [-0.4, -0.2) is 22.2 Å².